The quantitative estimate of drug-likeness (QED) is 0.417. The van der Waals surface area contributed by atoms with Crippen LogP contribution in [0.1, 0.15) is 13.3 Å². The third kappa shape index (κ3) is 6.25. The minimum atomic E-state index is -1.39. The Hall–Kier alpha value is 0.247. The molecule has 48 valence electrons. The Labute approximate surface area is 57.3 Å². The standard InChI is InChI=1S/C6H13ClSi/c1-4-5-6-8(2,3)7/h5-6H,4H2,1-3H3/b6-5+. The first-order valence-corrected chi connectivity index (χ1v) is 7.02. The van der Waals surface area contributed by atoms with Crippen LogP contribution in [0.2, 0.25) is 13.1 Å². The number of halogens is 1. The maximum atomic E-state index is 5.96. The van der Waals surface area contributed by atoms with E-state index in [1.165, 1.54) is 0 Å². The molecule has 0 spiro atoms. The molecule has 0 unspecified atom stereocenters. The Morgan fingerprint density at radius 3 is 2.12 bits per heavy atom. The zero-order valence-electron chi connectivity index (χ0n) is 5.74. The molecular formula is C6H13ClSi. The second-order valence-electron chi connectivity index (χ2n) is 2.38. The van der Waals surface area contributed by atoms with Gasteiger partial charge in [0.2, 0.25) is 0 Å². The lowest BCUT2D eigenvalue weighted by molar-refractivity contribution is 1.23. The Kier molecular flexibility index (Phi) is 3.41. The van der Waals surface area contributed by atoms with E-state index in [9.17, 15) is 0 Å². The van der Waals surface area contributed by atoms with Gasteiger partial charge in [-0.05, 0) is 6.42 Å². The SMILES string of the molecule is CC/C=C/[Si](C)(C)Cl. The van der Waals surface area contributed by atoms with Crippen LogP contribution in [-0.4, -0.2) is 7.38 Å². The fraction of sp³-hybridized carbons (Fsp3) is 0.667. The summed E-state index contributed by atoms with van der Waals surface area (Å²) < 4.78 is 0. The fourth-order valence-corrected chi connectivity index (χ4v) is 1.46. The molecular weight excluding hydrogens is 136 g/mol. The lowest BCUT2D eigenvalue weighted by Gasteiger charge is -2.02. The van der Waals surface area contributed by atoms with Gasteiger partial charge in [-0.25, -0.2) is 0 Å². The molecule has 0 aromatic heterocycles. The van der Waals surface area contributed by atoms with Gasteiger partial charge in [0.05, 0.1) is 0 Å². The Balaban J connectivity index is 3.52. The first-order valence-electron chi connectivity index (χ1n) is 2.93. The summed E-state index contributed by atoms with van der Waals surface area (Å²) in [5.41, 5.74) is 2.15. The van der Waals surface area contributed by atoms with Gasteiger partial charge in [-0.3, -0.25) is 0 Å². The summed E-state index contributed by atoms with van der Waals surface area (Å²) in [7, 11) is -1.39. The molecule has 0 radical (unpaired) electrons. The van der Waals surface area contributed by atoms with Crippen molar-refractivity contribution in [1.29, 1.82) is 0 Å². The highest BCUT2D eigenvalue weighted by Gasteiger charge is 2.09. The molecule has 2 heteroatoms. The van der Waals surface area contributed by atoms with E-state index in [2.05, 4.69) is 31.8 Å². The molecule has 0 atom stereocenters. The molecule has 0 saturated heterocycles. The molecule has 0 amide bonds. The summed E-state index contributed by atoms with van der Waals surface area (Å²) in [6, 6.07) is 0. The normalized spacial score (nSPS) is 13.0. The molecule has 8 heavy (non-hydrogen) atoms. The van der Waals surface area contributed by atoms with Gasteiger partial charge in [0.1, 0.15) is 0 Å². The highest BCUT2D eigenvalue weighted by atomic mass is 35.6. The van der Waals surface area contributed by atoms with Gasteiger partial charge >= 0.3 is 0 Å². The minimum absolute atomic E-state index is 1.10. The largest absolute Gasteiger partial charge is 0.173 e. The molecule has 0 rings (SSSR count). The van der Waals surface area contributed by atoms with Crippen LogP contribution in [0, 0.1) is 0 Å². The first kappa shape index (κ1) is 8.25. The van der Waals surface area contributed by atoms with Crippen molar-refractivity contribution in [3.05, 3.63) is 11.8 Å². The van der Waals surface area contributed by atoms with E-state index < -0.39 is 7.38 Å². The van der Waals surface area contributed by atoms with Crippen molar-refractivity contribution >= 4 is 18.5 Å². The summed E-state index contributed by atoms with van der Waals surface area (Å²) in [5, 5.41) is 0. The van der Waals surface area contributed by atoms with Crippen molar-refractivity contribution in [1.82, 2.24) is 0 Å². The molecule has 0 saturated carbocycles. The summed E-state index contributed by atoms with van der Waals surface area (Å²) in [4.78, 5) is 0. The number of rotatable bonds is 2. The van der Waals surface area contributed by atoms with Gasteiger partial charge in [-0.15, -0.1) is 0 Å². The van der Waals surface area contributed by atoms with Crippen LogP contribution in [0.25, 0.3) is 0 Å². The van der Waals surface area contributed by atoms with Crippen molar-refractivity contribution < 1.29 is 0 Å². The number of allylic oxidation sites excluding steroid dienone is 1. The molecule has 0 heterocycles. The van der Waals surface area contributed by atoms with Crippen molar-refractivity contribution in [2.75, 3.05) is 0 Å². The van der Waals surface area contributed by atoms with E-state index >= 15 is 0 Å². The van der Waals surface area contributed by atoms with Gasteiger partial charge in [-0.2, -0.15) is 11.1 Å². The molecule has 0 nitrogen and oxygen atoms in total. The third-order valence-electron chi connectivity index (χ3n) is 0.750. The third-order valence-corrected chi connectivity index (χ3v) is 2.16. The number of hydrogen-bond acceptors (Lipinski definition) is 0. The van der Waals surface area contributed by atoms with E-state index in [1.54, 1.807) is 0 Å². The highest BCUT2D eigenvalue weighted by molar-refractivity contribution is 7.21. The van der Waals surface area contributed by atoms with Gasteiger partial charge in [0, 0.05) is 0 Å². The predicted molar refractivity (Wildman–Crippen MR) is 42.8 cm³/mol. The maximum absolute atomic E-state index is 5.96. The van der Waals surface area contributed by atoms with Crippen molar-refractivity contribution in [3.8, 4) is 0 Å². The van der Waals surface area contributed by atoms with Crippen LogP contribution in [0.15, 0.2) is 11.8 Å². The molecule has 0 aliphatic heterocycles. The van der Waals surface area contributed by atoms with Crippen LogP contribution < -0.4 is 0 Å². The van der Waals surface area contributed by atoms with Crippen LogP contribution in [0.5, 0.6) is 0 Å². The average Bonchev–Trinajstić information content (AvgIpc) is 1.59. The second-order valence-corrected chi connectivity index (χ2v) is 8.76. The first-order chi connectivity index (χ1) is 3.56. The highest BCUT2D eigenvalue weighted by Crippen LogP contribution is 2.08. The van der Waals surface area contributed by atoms with E-state index in [4.69, 9.17) is 11.1 Å². The van der Waals surface area contributed by atoms with E-state index in [0.29, 0.717) is 0 Å². The lowest BCUT2D eigenvalue weighted by Crippen LogP contribution is -2.11. The van der Waals surface area contributed by atoms with Crippen molar-refractivity contribution in [2.45, 2.75) is 26.4 Å². The summed E-state index contributed by atoms with van der Waals surface area (Å²) in [5.74, 6) is 0. The monoisotopic (exact) mass is 148 g/mol. The smallest absolute Gasteiger partial charge is 0.162 e. The molecule has 0 aliphatic rings. The Bertz CT molecular complexity index is 81.0. The van der Waals surface area contributed by atoms with Crippen LogP contribution >= 0.6 is 11.1 Å². The zero-order valence-corrected chi connectivity index (χ0v) is 7.50. The van der Waals surface area contributed by atoms with Crippen LogP contribution in [0.3, 0.4) is 0 Å². The summed E-state index contributed by atoms with van der Waals surface area (Å²) >= 11 is 5.96. The van der Waals surface area contributed by atoms with Crippen molar-refractivity contribution in [3.63, 3.8) is 0 Å². The number of hydrogen-bond donors (Lipinski definition) is 0. The lowest BCUT2D eigenvalue weighted by atomic mass is 10.5. The summed E-state index contributed by atoms with van der Waals surface area (Å²) in [6.07, 6.45) is 3.24. The molecule has 0 aromatic carbocycles. The zero-order chi connectivity index (χ0) is 6.62. The minimum Gasteiger partial charge on any atom is -0.162 e. The van der Waals surface area contributed by atoms with Gasteiger partial charge in [-0.1, -0.05) is 31.8 Å². The second kappa shape index (κ2) is 3.31. The predicted octanol–water partition coefficient (Wildman–Crippen LogP) is 2.94. The Morgan fingerprint density at radius 1 is 1.50 bits per heavy atom. The topological polar surface area (TPSA) is 0 Å². The molecule has 0 aromatic rings. The van der Waals surface area contributed by atoms with Gasteiger partial charge < -0.3 is 0 Å². The van der Waals surface area contributed by atoms with E-state index in [0.717, 1.165) is 6.42 Å². The Morgan fingerprint density at radius 2 is 2.00 bits per heavy atom. The molecule has 0 bridgehead atoms. The van der Waals surface area contributed by atoms with E-state index in [-0.39, 0.29) is 0 Å². The molecule has 0 fully saturated rings. The average molecular weight is 149 g/mol. The van der Waals surface area contributed by atoms with Crippen molar-refractivity contribution in [2.24, 2.45) is 0 Å². The van der Waals surface area contributed by atoms with Gasteiger partial charge in [0.15, 0.2) is 7.38 Å². The van der Waals surface area contributed by atoms with Crippen LogP contribution in [0.4, 0.5) is 0 Å². The van der Waals surface area contributed by atoms with Crippen LogP contribution in [-0.2, 0) is 0 Å². The fourth-order valence-electron chi connectivity index (χ4n) is 0.398. The molecule has 0 N–H and O–H groups in total. The maximum Gasteiger partial charge on any atom is 0.173 e. The summed E-state index contributed by atoms with van der Waals surface area (Å²) in [6.45, 7) is 6.34. The van der Waals surface area contributed by atoms with Gasteiger partial charge in [0.25, 0.3) is 0 Å². The molecule has 0 aliphatic carbocycles. The van der Waals surface area contributed by atoms with E-state index in [1.807, 2.05) is 0 Å².